The minimum atomic E-state index is -0.818. The van der Waals surface area contributed by atoms with Gasteiger partial charge in [0.25, 0.3) is 5.91 Å². The molecule has 2 aromatic heterocycles. The van der Waals surface area contributed by atoms with Gasteiger partial charge in [-0.1, -0.05) is 37.0 Å². The Morgan fingerprint density at radius 2 is 1.62 bits per heavy atom. The molecule has 212 valence electrons. The molecule has 4 rings (SSSR count). The second kappa shape index (κ2) is 12.4. The molecule has 1 N–H and O–H groups in total. The Morgan fingerprint density at radius 1 is 1.02 bits per heavy atom. The molecule has 1 fully saturated rings. The second-order valence-corrected chi connectivity index (χ2v) is 11.0. The van der Waals surface area contributed by atoms with Gasteiger partial charge in [0.2, 0.25) is 0 Å². The number of Topliss-reactive ketones (excluding diaryl/α,β-unsaturated/α-hetero) is 1. The highest BCUT2D eigenvalue weighted by atomic mass is 35.5. The maximum atomic E-state index is 14.0. The van der Waals surface area contributed by atoms with Crippen molar-refractivity contribution in [3.63, 3.8) is 0 Å². The molecule has 12 heteroatoms. The van der Waals surface area contributed by atoms with Crippen LogP contribution >= 0.6 is 23.2 Å². The van der Waals surface area contributed by atoms with Gasteiger partial charge in [-0.2, -0.15) is 5.10 Å². The van der Waals surface area contributed by atoms with Crippen LogP contribution in [0.2, 0.25) is 10.0 Å². The van der Waals surface area contributed by atoms with Crippen LogP contribution in [0.1, 0.15) is 83.5 Å². The molecule has 1 saturated carbocycles. The van der Waals surface area contributed by atoms with Crippen molar-refractivity contribution in [1.29, 1.82) is 0 Å². The first-order valence-corrected chi connectivity index (χ1v) is 13.6. The molecule has 3 aromatic rings. The Labute approximate surface area is 239 Å². The van der Waals surface area contributed by atoms with E-state index in [1.165, 1.54) is 23.5 Å². The fourth-order valence-electron chi connectivity index (χ4n) is 5.19. The maximum absolute atomic E-state index is 14.0. The van der Waals surface area contributed by atoms with Crippen molar-refractivity contribution < 1.29 is 28.3 Å². The Kier molecular flexibility index (Phi) is 9.20. The SMILES string of the molecule is CC(C)c1c(C(=O)N(CC(=O)c2c(Cl)cncc2Cl)Cc2cc(F)cc(F)c2)cnn1C1CCC(C(=O)O)CC1. The minimum absolute atomic E-state index is 0.00866. The molecule has 1 amide bonds. The quantitative estimate of drug-likeness (QED) is 0.291. The highest BCUT2D eigenvalue weighted by molar-refractivity contribution is 6.39. The smallest absolute Gasteiger partial charge is 0.306 e. The fourth-order valence-corrected chi connectivity index (χ4v) is 5.77. The van der Waals surface area contributed by atoms with Crippen LogP contribution < -0.4 is 0 Å². The number of benzene rings is 1. The third-order valence-corrected chi connectivity index (χ3v) is 7.63. The Morgan fingerprint density at radius 3 is 2.17 bits per heavy atom. The summed E-state index contributed by atoms with van der Waals surface area (Å²) < 4.78 is 29.8. The second-order valence-electron chi connectivity index (χ2n) is 10.2. The molecule has 8 nitrogen and oxygen atoms in total. The standard InChI is InChI=1S/C28H28Cl2F2N4O4/c1-15(2)26-21(10-34-36(26)20-5-3-17(4-6-20)28(39)40)27(38)35(13-16-7-18(31)9-19(32)8-16)14-24(37)25-22(29)11-33-12-23(25)30/h7-12,15,17,20H,3-6,13-14H2,1-2H3,(H,39,40). The summed E-state index contributed by atoms with van der Waals surface area (Å²) in [4.78, 5) is 43.7. The van der Waals surface area contributed by atoms with Crippen molar-refractivity contribution in [2.45, 2.75) is 58.0 Å². The molecular weight excluding hydrogens is 565 g/mol. The number of hydrogen-bond donors (Lipinski definition) is 1. The van der Waals surface area contributed by atoms with Crippen molar-refractivity contribution in [3.05, 3.63) is 80.9 Å². The molecule has 0 aliphatic heterocycles. The summed E-state index contributed by atoms with van der Waals surface area (Å²) >= 11 is 12.3. The van der Waals surface area contributed by atoms with Crippen LogP contribution in [0.3, 0.4) is 0 Å². The molecule has 0 spiro atoms. The number of halogens is 4. The number of carboxylic acid groups (broad SMARTS) is 1. The zero-order valence-electron chi connectivity index (χ0n) is 21.9. The fraction of sp³-hybridized carbons (Fsp3) is 0.393. The van der Waals surface area contributed by atoms with E-state index in [0.717, 1.165) is 18.2 Å². The lowest BCUT2D eigenvalue weighted by molar-refractivity contribution is -0.143. The van der Waals surface area contributed by atoms with Gasteiger partial charge in [0.15, 0.2) is 5.78 Å². The van der Waals surface area contributed by atoms with Crippen molar-refractivity contribution in [2.75, 3.05) is 6.54 Å². The van der Waals surface area contributed by atoms with Gasteiger partial charge in [-0.3, -0.25) is 24.0 Å². The van der Waals surface area contributed by atoms with Gasteiger partial charge < -0.3 is 10.0 Å². The van der Waals surface area contributed by atoms with Crippen molar-refractivity contribution in [1.82, 2.24) is 19.7 Å². The zero-order valence-corrected chi connectivity index (χ0v) is 23.4. The lowest BCUT2D eigenvalue weighted by atomic mass is 9.86. The van der Waals surface area contributed by atoms with E-state index in [9.17, 15) is 28.3 Å². The summed E-state index contributed by atoms with van der Waals surface area (Å²) in [5, 5.41) is 13.9. The van der Waals surface area contributed by atoms with Gasteiger partial charge in [-0.15, -0.1) is 0 Å². The largest absolute Gasteiger partial charge is 0.481 e. The molecule has 2 heterocycles. The summed E-state index contributed by atoms with van der Waals surface area (Å²) in [5.74, 6) is -4.14. The van der Waals surface area contributed by atoms with Gasteiger partial charge in [-0.05, 0) is 49.3 Å². The number of carbonyl (C=O) groups excluding carboxylic acids is 2. The van der Waals surface area contributed by atoms with E-state index in [-0.39, 0.29) is 45.2 Å². The molecule has 0 bridgehead atoms. The van der Waals surface area contributed by atoms with Crippen molar-refractivity contribution >= 4 is 40.9 Å². The average Bonchev–Trinajstić information content (AvgIpc) is 3.33. The third kappa shape index (κ3) is 6.50. The van der Waals surface area contributed by atoms with Crippen molar-refractivity contribution in [3.8, 4) is 0 Å². The van der Waals surface area contributed by atoms with Crippen LogP contribution in [0.25, 0.3) is 0 Å². The van der Waals surface area contributed by atoms with Crippen molar-refractivity contribution in [2.24, 2.45) is 5.92 Å². The molecule has 0 radical (unpaired) electrons. The first kappa shape index (κ1) is 29.6. The normalized spacial score (nSPS) is 17.2. The number of aromatic nitrogens is 3. The van der Waals surface area contributed by atoms with E-state index < -0.39 is 41.8 Å². The lowest BCUT2D eigenvalue weighted by Crippen LogP contribution is -2.36. The molecule has 1 aliphatic carbocycles. The van der Waals surface area contributed by atoms with Crippen LogP contribution in [0.4, 0.5) is 8.78 Å². The van der Waals surface area contributed by atoms with E-state index in [0.29, 0.717) is 31.4 Å². The van der Waals surface area contributed by atoms with E-state index >= 15 is 0 Å². The van der Waals surface area contributed by atoms with Gasteiger partial charge in [0.1, 0.15) is 11.6 Å². The molecule has 1 aromatic carbocycles. The lowest BCUT2D eigenvalue weighted by Gasteiger charge is -2.29. The Bertz CT molecular complexity index is 1400. The summed E-state index contributed by atoms with van der Waals surface area (Å²) in [7, 11) is 0. The van der Waals surface area contributed by atoms with Crippen LogP contribution in [-0.4, -0.2) is 49.0 Å². The van der Waals surface area contributed by atoms with Gasteiger partial charge in [0, 0.05) is 25.0 Å². The molecule has 0 atom stereocenters. The first-order valence-electron chi connectivity index (χ1n) is 12.8. The highest BCUT2D eigenvalue weighted by Crippen LogP contribution is 2.35. The number of carboxylic acids is 1. The van der Waals surface area contributed by atoms with Gasteiger partial charge in [0.05, 0.1) is 51.6 Å². The predicted octanol–water partition coefficient (Wildman–Crippen LogP) is 6.33. The number of nitrogens with zero attached hydrogens (tertiary/aromatic N) is 4. The third-order valence-electron chi connectivity index (χ3n) is 7.05. The number of amides is 1. The average molecular weight is 593 g/mol. The molecule has 40 heavy (non-hydrogen) atoms. The van der Waals surface area contributed by atoms with Crippen LogP contribution in [-0.2, 0) is 11.3 Å². The van der Waals surface area contributed by atoms with Crippen LogP contribution in [0.5, 0.6) is 0 Å². The summed E-state index contributed by atoms with van der Waals surface area (Å²) in [6, 6.07) is 2.82. The predicted molar refractivity (Wildman–Crippen MR) is 145 cm³/mol. The van der Waals surface area contributed by atoms with E-state index in [1.807, 2.05) is 13.8 Å². The maximum Gasteiger partial charge on any atom is 0.306 e. The zero-order chi connectivity index (χ0) is 29.1. The molecule has 0 saturated heterocycles. The topological polar surface area (TPSA) is 105 Å². The monoisotopic (exact) mass is 592 g/mol. The number of rotatable bonds is 9. The summed E-state index contributed by atoms with van der Waals surface area (Å²) in [6.07, 6.45) is 6.13. The first-order chi connectivity index (χ1) is 19.0. The molecule has 0 unspecified atom stereocenters. The Balaban J connectivity index is 1.69. The van der Waals surface area contributed by atoms with Crippen LogP contribution in [0, 0.1) is 17.6 Å². The summed E-state index contributed by atoms with van der Waals surface area (Å²) in [5.41, 5.74) is 1.01. The van der Waals surface area contributed by atoms with E-state index in [4.69, 9.17) is 23.2 Å². The van der Waals surface area contributed by atoms with E-state index in [2.05, 4.69) is 10.1 Å². The number of hydrogen-bond acceptors (Lipinski definition) is 5. The summed E-state index contributed by atoms with van der Waals surface area (Å²) in [6.45, 7) is 3.06. The number of pyridine rings is 1. The van der Waals surface area contributed by atoms with Gasteiger partial charge >= 0.3 is 5.97 Å². The molecule has 1 aliphatic rings. The number of carbonyl (C=O) groups is 3. The molecular formula is C28H28Cl2F2N4O4. The van der Waals surface area contributed by atoms with Crippen LogP contribution in [0.15, 0.2) is 36.8 Å². The van der Waals surface area contributed by atoms with Gasteiger partial charge in [-0.25, -0.2) is 8.78 Å². The highest BCUT2D eigenvalue weighted by Gasteiger charge is 2.32. The Hall–Kier alpha value is -3.37. The number of ketones is 1. The van der Waals surface area contributed by atoms with E-state index in [1.54, 1.807) is 4.68 Å². The number of aliphatic carboxylic acids is 1. The minimum Gasteiger partial charge on any atom is -0.481 e.